The summed E-state index contributed by atoms with van der Waals surface area (Å²) >= 11 is 1.83. The largest absolute Gasteiger partial charge is 0.356 e. The number of nitrogens with one attached hydrogen (secondary N) is 2. The van der Waals surface area contributed by atoms with E-state index in [0.29, 0.717) is 6.42 Å². The summed E-state index contributed by atoms with van der Waals surface area (Å²) in [5, 5.41) is 8.54. The van der Waals surface area contributed by atoms with Gasteiger partial charge in [-0.25, -0.2) is 0 Å². The molecule has 1 aliphatic heterocycles. The van der Waals surface area contributed by atoms with E-state index < -0.39 is 0 Å². The molecule has 0 aromatic carbocycles. The third-order valence-corrected chi connectivity index (χ3v) is 4.88. The van der Waals surface area contributed by atoms with Crippen LogP contribution in [0.5, 0.6) is 0 Å². The van der Waals surface area contributed by atoms with Gasteiger partial charge in [0, 0.05) is 17.8 Å². The van der Waals surface area contributed by atoms with Gasteiger partial charge in [0.2, 0.25) is 5.91 Å². The predicted molar refractivity (Wildman–Crippen MR) is 85.1 cm³/mol. The summed E-state index contributed by atoms with van der Waals surface area (Å²) in [6.45, 7) is 3.11. The molecule has 1 saturated heterocycles. The second kappa shape index (κ2) is 9.14. The van der Waals surface area contributed by atoms with E-state index in [1.807, 2.05) is 11.3 Å². The highest BCUT2D eigenvalue weighted by atomic mass is 32.1. The molecule has 1 amide bonds. The van der Waals surface area contributed by atoms with E-state index in [2.05, 4.69) is 28.1 Å². The van der Waals surface area contributed by atoms with Gasteiger partial charge in [0.15, 0.2) is 0 Å². The minimum atomic E-state index is 0.229. The van der Waals surface area contributed by atoms with Crippen molar-refractivity contribution in [1.82, 2.24) is 10.6 Å². The lowest BCUT2D eigenvalue weighted by molar-refractivity contribution is -0.121. The molecule has 112 valence electrons. The monoisotopic (exact) mass is 294 g/mol. The molecule has 1 aliphatic rings. The molecule has 1 atom stereocenters. The first-order valence-electron chi connectivity index (χ1n) is 7.84. The molecular weight excluding hydrogens is 268 g/mol. The number of carbonyl (C=O) groups is 1. The van der Waals surface area contributed by atoms with Crippen molar-refractivity contribution in [3.8, 4) is 0 Å². The van der Waals surface area contributed by atoms with Crippen LogP contribution < -0.4 is 10.6 Å². The molecule has 4 heteroatoms. The van der Waals surface area contributed by atoms with Gasteiger partial charge in [0.1, 0.15) is 0 Å². The first-order chi connectivity index (χ1) is 9.84. The zero-order valence-electron chi connectivity index (χ0n) is 12.2. The molecule has 1 fully saturated rings. The maximum atomic E-state index is 11.7. The maximum absolute atomic E-state index is 11.7. The summed E-state index contributed by atoms with van der Waals surface area (Å²) < 4.78 is 0. The third kappa shape index (κ3) is 6.06. The normalized spacial score (nSPS) is 18.3. The van der Waals surface area contributed by atoms with Gasteiger partial charge in [0.25, 0.3) is 0 Å². The zero-order chi connectivity index (χ0) is 14.0. The fourth-order valence-corrected chi connectivity index (χ4v) is 3.43. The average molecular weight is 294 g/mol. The Morgan fingerprint density at radius 3 is 3.10 bits per heavy atom. The van der Waals surface area contributed by atoms with Crippen LogP contribution in [-0.2, 0) is 11.2 Å². The fourth-order valence-electron chi connectivity index (χ4n) is 2.68. The quantitative estimate of drug-likeness (QED) is 0.688. The number of hydrogen-bond donors (Lipinski definition) is 2. The van der Waals surface area contributed by atoms with Crippen LogP contribution >= 0.6 is 11.3 Å². The Labute approximate surface area is 126 Å². The minimum Gasteiger partial charge on any atom is -0.356 e. The predicted octanol–water partition coefficient (Wildman–Crippen LogP) is 2.97. The summed E-state index contributed by atoms with van der Waals surface area (Å²) in [4.78, 5) is 13.1. The number of amides is 1. The number of aryl methyl sites for hydroxylation is 1. The first-order valence-corrected chi connectivity index (χ1v) is 8.72. The molecule has 0 bridgehead atoms. The number of hydrogen-bond acceptors (Lipinski definition) is 3. The molecule has 20 heavy (non-hydrogen) atoms. The number of rotatable bonds is 9. The van der Waals surface area contributed by atoms with E-state index in [0.717, 1.165) is 51.2 Å². The van der Waals surface area contributed by atoms with Crippen molar-refractivity contribution in [3.05, 3.63) is 22.4 Å². The van der Waals surface area contributed by atoms with Crippen molar-refractivity contribution in [2.75, 3.05) is 19.6 Å². The van der Waals surface area contributed by atoms with Gasteiger partial charge < -0.3 is 10.6 Å². The average Bonchev–Trinajstić information content (AvgIpc) is 3.11. The molecule has 2 heterocycles. The maximum Gasteiger partial charge on any atom is 0.219 e. The minimum absolute atomic E-state index is 0.229. The Hall–Kier alpha value is -0.870. The van der Waals surface area contributed by atoms with E-state index in [1.54, 1.807) is 0 Å². The summed E-state index contributed by atoms with van der Waals surface area (Å²) in [6.07, 6.45) is 7.60. The number of thiophene rings is 1. The fraction of sp³-hybridized carbons (Fsp3) is 0.688. The van der Waals surface area contributed by atoms with Crippen molar-refractivity contribution in [2.45, 2.75) is 44.9 Å². The van der Waals surface area contributed by atoms with Gasteiger partial charge in [-0.2, -0.15) is 0 Å². The molecule has 1 aromatic heterocycles. The van der Waals surface area contributed by atoms with Crippen LogP contribution in [0.15, 0.2) is 17.5 Å². The lowest BCUT2D eigenvalue weighted by atomic mass is 10.1. The van der Waals surface area contributed by atoms with E-state index in [4.69, 9.17) is 0 Å². The summed E-state index contributed by atoms with van der Waals surface area (Å²) in [5.41, 5.74) is 0. The van der Waals surface area contributed by atoms with Crippen LogP contribution in [0.4, 0.5) is 0 Å². The van der Waals surface area contributed by atoms with Crippen LogP contribution in [0.1, 0.15) is 43.4 Å². The Bertz CT molecular complexity index is 372. The highest BCUT2D eigenvalue weighted by molar-refractivity contribution is 7.09. The zero-order valence-corrected chi connectivity index (χ0v) is 13.0. The second-order valence-corrected chi connectivity index (χ2v) is 6.67. The van der Waals surface area contributed by atoms with Gasteiger partial charge in [0.05, 0.1) is 0 Å². The Kier molecular flexibility index (Phi) is 7.09. The van der Waals surface area contributed by atoms with Crippen molar-refractivity contribution >= 4 is 17.2 Å². The van der Waals surface area contributed by atoms with Gasteiger partial charge in [-0.15, -0.1) is 11.3 Å². The topological polar surface area (TPSA) is 41.1 Å². The number of carbonyl (C=O) groups excluding carboxylic acids is 1. The summed E-state index contributed by atoms with van der Waals surface area (Å²) in [5.74, 6) is 0.994. The lowest BCUT2D eigenvalue weighted by Gasteiger charge is -2.09. The molecule has 0 radical (unpaired) electrons. The molecular formula is C16H26N2OS. The van der Waals surface area contributed by atoms with Crippen LogP contribution in [0.3, 0.4) is 0 Å². The van der Waals surface area contributed by atoms with Crippen LogP contribution in [0.25, 0.3) is 0 Å². The standard InChI is InChI=1S/C16H26N2OS/c19-16(18-11-9-14-8-10-17-13-14)7-3-1-2-5-15-6-4-12-20-15/h4,6,12,14,17H,1-3,5,7-11,13H2,(H,18,19). The van der Waals surface area contributed by atoms with Crippen LogP contribution in [0.2, 0.25) is 0 Å². The van der Waals surface area contributed by atoms with E-state index in [-0.39, 0.29) is 5.91 Å². The Morgan fingerprint density at radius 2 is 2.35 bits per heavy atom. The summed E-state index contributed by atoms with van der Waals surface area (Å²) in [6, 6.07) is 4.29. The highest BCUT2D eigenvalue weighted by Crippen LogP contribution is 2.13. The van der Waals surface area contributed by atoms with Crippen molar-refractivity contribution in [3.63, 3.8) is 0 Å². The number of unbranched alkanes of at least 4 members (excludes halogenated alkanes) is 2. The van der Waals surface area contributed by atoms with Gasteiger partial charge in [-0.1, -0.05) is 12.5 Å². The van der Waals surface area contributed by atoms with Gasteiger partial charge >= 0.3 is 0 Å². The molecule has 0 spiro atoms. The van der Waals surface area contributed by atoms with Crippen LogP contribution in [-0.4, -0.2) is 25.5 Å². The SMILES string of the molecule is O=C(CCCCCc1cccs1)NCCC1CCNC1. The molecule has 0 saturated carbocycles. The Morgan fingerprint density at radius 1 is 1.40 bits per heavy atom. The van der Waals surface area contributed by atoms with Crippen molar-refractivity contribution < 1.29 is 4.79 Å². The molecule has 1 aromatic rings. The van der Waals surface area contributed by atoms with Crippen molar-refractivity contribution in [1.29, 1.82) is 0 Å². The van der Waals surface area contributed by atoms with Gasteiger partial charge in [-0.3, -0.25) is 4.79 Å². The molecule has 3 nitrogen and oxygen atoms in total. The third-order valence-electron chi connectivity index (χ3n) is 3.94. The molecule has 0 aliphatic carbocycles. The summed E-state index contributed by atoms with van der Waals surface area (Å²) in [7, 11) is 0. The molecule has 1 unspecified atom stereocenters. The van der Waals surface area contributed by atoms with Gasteiger partial charge in [-0.05, 0) is 62.6 Å². The molecule has 2 rings (SSSR count). The highest BCUT2D eigenvalue weighted by Gasteiger charge is 2.13. The second-order valence-electron chi connectivity index (χ2n) is 5.64. The van der Waals surface area contributed by atoms with E-state index >= 15 is 0 Å². The van der Waals surface area contributed by atoms with Crippen molar-refractivity contribution in [2.24, 2.45) is 5.92 Å². The lowest BCUT2D eigenvalue weighted by Crippen LogP contribution is -2.26. The Balaban J connectivity index is 1.41. The smallest absolute Gasteiger partial charge is 0.219 e. The molecule has 2 N–H and O–H groups in total. The first kappa shape index (κ1) is 15.5. The van der Waals surface area contributed by atoms with E-state index in [1.165, 1.54) is 17.7 Å². The van der Waals surface area contributed by atoms with Crippen LogP contribution in [0, 0.1) is 5.92 Å². The van der Waals surface area contributed by atoms with E-state index in [9.17, 15) is 4.79 Å².